The maximum absolute atomic E-state index is 5.76. The van der Waals surface area contributed by atoms with Crippen LogP contribution in [0, 0.1) is 0 Å². The van der Waals surface area contributed by atoms with Crippen molar-refractivity contribution in [2.75, 3.05) is 5.32 Å². The van der Waals surface area contributed by atoms with Crippen molar-refractivity contribution in [3.05, 3.63) is 84.4 Å². The summed E-state index contributed by atoms with van der Waals surface area (Å²) in [7, 11) is 0. The Morgan fingerprint density at radius 3 is 2.45 bits per heavy atom. The van der Waals surface area contributed by atoms with E-state index in [-0.39, 0.29) is 0 Å². The molecule has 22 heavy (non-hydrogen) atoms. The van der Waals surface area contributed by atoms with E-state index in [1.165, 1.54) is 0 Å². The summed E-state index contributed by atoms with van der Waals surface area (Å²) in [5.74, 6) is 0.855. The van der Waals surface area contributed by atoms with Gasteiger partial charge in [-0.15, -0.1) is 0 Å². The number of nitrogens with zero attached hydrogens (tertiary/aromatic N) is 2. The highest BCUT2D eigenvalue weighted by Crippen LogP contribution is 2.17. The molecular weight excluding hydrogens is 274 g/mol. The highest BCUT2D eigenvalue weighted by molar-refractivity contribution is 5.46. The number of hydrogen-bond acceptors (Lipinski definition) is 4. The van der Waals surface area contributed by atoms with Crippen molar-refractivity contribution in [3.8, 4) is 5.75 Å². The zero-order chi connectivity index (χ0) is 15.0. The first-order chi connectivity index (χ1) is 10.9. The van der Waals surface area contributed by atoms with E-state index in [1.54, 1.807) is 18.6 Å². The highest BCUT2D eigenvalue weighted by atomic mass is 16.5. The van der Waals surface area contributed by atoms with Gasteiger partial charge in [0, 0.05) is 18.1 Å². The number of hydrogen-bond donors (Lipinski definition) is 1. The second-order valence-corrected chi connectivity index (χ2v) is 4.85. The van der Waals surface area contributed by atoms with E-state index in [0.29, 0.717) is 13.2 Å². The fourth-order valence-corrected chi connectivity index (χ4v) is 2.02. The summed E-state index contributed by atoms with van der Waals surface area (Å²) in [5.41, 5.74) is 3.09. The van der Waals surface area contributed by atoms with E-state index in [2.05, 4.69) is 27.4 Å². The van der Waals surface area contributed by atoms with Gasteiger partial charge in [-0.05, 0) is 29.8 Å². The minimum absolute atomic E-state index is 0.577. The number of rotatable bonds is 6. The van der Waals surface area contributed by atoms with Crippen molar-refractivity contribution in [2.45, 2.75) is 13.2 Å². The molecule has 0 amide bonds. The average Bonchev–Trinajstić information content (AvgIpc) is 2.61. The summed E-state index contributed by atoms with van der Waals surface area (Å²) >= 11 is 0. The molecule has 1 aromatic heterocycles. The van der Waals surface area contributed by atoms with Crippen molar-refractivity contribution < 1.29 is 4.74 Å². The Hall–Kier alpha value is -2.88. The Bertz CT molecular complexity index is 622. The normalized spacial score (nSPS) is 10.2. The molecule has 4 nitrogen and oxygen atoms in total. The van der Waals surface area contributed by atoms with Gasteiger partial charge in [0.2, 0.25) is 0 Å². The van der Waals surface area contributed by atoms with Crippen LogP contribution in [0.2, 0.25) is 0 Å². The molecule has 0 radical (unpaired) electrons. The first-order valence-electron chi connectivity index (χ1n) is 7.16. The van der Waals surface area contributed by atoms with Crippen molar-refractivity contribution in [1.82, 2.24) is 9.97 Å². The van der Waals surface area contributed by atoms with Crippen LogP contribution in [0.15, 0.2) is 73.2 Å². The van der Waals surface area contributed by atoms with Gasteiger partial charge in [-0.1, -0.05) is 30.3 Å². The van der Waals surface area contributed by atoms with Crippen LogP contribution in [0.3, 0.4) is 0 Å². The molecule has 0 spiro atoms. The van der Waals surface area contributed by atoms with Crippen LogP contribution in [0.1, 0.15) is 11.3 Å². The van der Waals surface area contributed by atoms with Crippen LogP contribution in [-0.2, 0) is 13.2 Å². The van der Waals surface area contributed by atoms with Crippen LogP contribution < -0.4 is 10.1 Å². The largest absolute Gasteiger partial charge is 0.489 e. The molecular formula is C18H17N3O. The molecule has 0 aliphatic heterocycles. The number of aromatic nitrogens is 2. The Morgan fingerprint density at radius 1 is 0.909 bits per heavy atom. The van der Waals surface area contributed by atoms with Crippen molar-refractivity contribution >= 4 is 5.69 Å². The van der Waals surface area contributed by atoms with Crippen LogP contribution >= 0.6 is 0 Å². The molecule has 0 aliphatic carbocycles. The van der Waals surface area contributed by atoms with E-state index >= 15 is 0 Å². The molecule has 0 bridgehead atoms. The van der Waals surface area contributed by atoms with Gasteiger partial charge in [0.25, 0.3) is 0 Å². The number of ether oxygens (including phenoxy) is 1. The lowest BCUT2D eigenvalue weighted by molar-refractivity contribution is 0.306. The molecule has 0 saturated heterocycles. The van der Waals surface area contributed by atoms with Crippen LogP contribution in [-0.4, -0.2) is 9.97 Å². The predicted molar refractivity (Wildman–Crippen MR) is 86.6 cm³/mol. The molecule has 0 unspecified atom stereocenters. The fraction of sp³-hybridized carbons (Fsp3) is 0.111. The lowest BCUT2D eigenvalue weighted by Crippen LogP contribution is -2.01. The molecule has 0 aliphatic rings. The van der Waals surface area contributed by atoms with Gasteiger partial charge in [0.05, 0.1) is 18.4 Å². The maximum Gasteiger partial charge on any atom is 0.119 e. The van der Waals surface area contributed by atoms with Gasteiger partial charge >= 0.3 is 0 Å². The maximum atomic E-state index is 5.76. The fourth-order valence-electron chi connectivity index (χ4n) is 2.02. The second kappa shape index (κ2) is 7.22. The monoisotopic (exact) mass is 291 g/mol. The van der Waals surface area contributed by atoms with Crippen LogP contribution in [0.25, 0.3) is 0 Å². The SMILES string of the molecule is c1ccc(COc2ccc(NCc3cnccn3)cc2)cc1. The highest BCUT2D eigenvalue weighted by Gasteiger charge is 1.98. The standard InChI is InChI=1S/C18H17N3O/c1-2-4-15(5-3-1)14-22-18-8-6-16(7-9-18)21-13-17-12-19-10-11-20-17/h1-12,21H,13-14H2. The summed E-state index contributed by atoms with van der Waals surface area (Å²) < 4.78 is 5.76. The smallest absolute Gasteiger partial charge is 0.119 e. The van der Waals surface area contributed by atoms with Gasteiger partial charge in [-0.3, -0.25) is 9.97 Å². The van der Waals surface area contributed by atoms with Gasteiger partial charge < -0.3 is 10.1 Å². The van der Waals surface area contributed by atoms with E-state index in [1.807, 2.05) is 42.5 Å². The van der Waals surface area contributed by atoms with Crippen LogP contribution in [0.4, 0.5) is 5.69 Å². The molecule has 0 saturated carbocycles. The van der Waals surface area contributed by atoms with E-state index in [9.17, 15) is 0 Å². The second-order valence-electron chi connectivity index (χ2n) is 4.85. The molecule has 1 heterocycles. The minimum atomic E-state index is 0.577. The molecule has 110 valence electrons. The molecule has 3 rings (SSSR count). The Labute approximate surface area is 129 Å². The quantitative estimate of drug-likeness (QED) is 0.753. The van der Waals surface area contributed by atoms with E-state index in [0.717, 1.165) is 22.7 Å². The van der Waals surface area contributed by atoms with Crippen molar-refractivity contribution in [2.24, 2.45) is 0 Å². The first-order valence-corrected chi connectivity index (χ1v) is 7.16. The first kappa shape index (κ1) is 14.1. The summed E-state index contributed by atoms with van der Waals surface area (Å²) in [6.45, 7) is 1.23. The third-order valence-corrected chi connectivity index (χ3v) is 3.19. The summed E-state index contributed by atoms with van der Waals surface area (Å²) in [6.07, 6.45) is 5.12. The zero-order valence-corrected chi connectivity index (χ0v) is 12.1. The van der Waals surface area contributed by atoms with Gasteiger partial charge in [0.1, 0.15) is 12.4 Å². The summed E-state index contributed by atoms with van der Waals surface area (Å²) in [5, 5.41) is 3.30. The van der Waals surface area contributed by atoms with Crippen molar-refractivity contribution in [3.63, 3.8) is 0 Å². The Kier molecular flexibility index (Phi) is 4.62. The molecule has 2 aromatic carbocycles. The van der Waals surface area contributed by atoms with Gasteiger partial charge in [-0.25, -0.2) is 0 Å². The number of anilines is 1. The summed E-state index contributed by atoms with van der Waals surface area (Å²) in [6, 6.07) is 18.0. The molecule has 1 N–H and O–H groups in total. The van der Waals surface area contributed by atoms with Gasteiger partial charge in [-0.2, -0.15) is 0 Å². The van der Waals surface area contributed by atoms with E-state index in [4.69, 9.17) is 4.74 Å². The third kappa shape index (κ3) is 4.06. The average molecular weight is 291 g/mol. The zero-order valence-electron chi connectivity index (χ0n) is 12.1. The predicted octanol–water partition coefficient (Wildman–Crippen LogP) is 3.67. The topological polar surface area (TPSA) is 47.0 Å². The third-order valence-electron chi connectivity index (χ3n) is 3.19. The molecule has 3 aromatic rings. The van der Waals surface area contributed by atoms with Crippen molar-refractivity contribution in [1.29, 1.82) is 0 Å². The molecule has 4 heteroatoms. The lowest BCUT2D eigenvalue weighted by atomic mass is 10.2. The summed E-state index contributed by atoms with van der Waals surface area (Å²) in [4.78, 5) is 8.27. The number of benzene rings is 2. The van der Waals surface area contributed by atoms with E-state index < -0.39 is 0 Å². The lowest BCUT2D eigenvalue weighted by Gasteiger charge is -2.09. The Balaban J connectivity index is 1.52. The molecule has 0 atom stereocenters. The number of nitrogens with one attached hydrogen (secondary N) is 1. The van der Waals surface area contributed by atoms with Crippen LogP contribution in [0.5, 0.6) is 5.75 Å². The van der Waals surface area contributed by atoms with Gasteiger partial charge in [0.15, 0.2) is 0 Å². The Morgan fingerprint density at radius 2 is 1.73 bits per heavy atom. The minimum Gasteiger partial charge on any atom is -0.489 e. The molecule has 0 fully saturated rings.